The predicted octanol–water partition coefficient (Wildman–Crippen LogP) is 3.59. The maximum atomic E-state index is 3.90. The zero-order chi connectivity index (χ0) is 11.3. The Morgan fingerprint density at radius 1 is 1.07 bits per heavy atom. The van der Waals surface area contributed by atoms with E-state index < -0.39 is 0 Å². The molecule has 1 nitrogen and oxygen atoms in total. The van der Waals surface area contributed by atoms with E-state index >= 15 is 0 Å². The lowest BCUT2D eigenvalue weighted by Crippen LogP contribution is -2.32. The Hall–Kier alpha value is -0.0400. The molecule has 15 heavy (non-hydrogen) atoms. The third-order valence-corrected chi connectivity index (χ3v) is 5.54. The van der Waals surface area contributed by atoms with Gasteiger partial charge in [0.2, 0.25) is 0 Å². The highest BCUT2D eigenvalue weighted by atomic mass is 15.1. The van der Waals surface area contributed by atoms with Crippen LogP contribution in [0.3, 0.4) is 0 Å². The van der Waals surface area contributed by atoms with E-state index in [0.29, 0.717) is 10.8 Å². The Morgan fingerprint density at radius 3 is 2.07 bits per heavy atom. The van der Waals surface area contributed by atoms with Crippen molar-refractivity contribution in [3.8, 4) is 0 Å². The molecule has 0 aromatic carbocycles. The van der Waals surface area contributed by atoms with E-state index in [1.807, 2.05) is 0 Å². The molecule has 2 atom stereocenters. The molecule has 2 rings (SSSR count). The Labute approximate surface area is 95.0 Å². The maximum Gasteiger partial charge on any atom is 0.0183 e. The van der Waals surface area contributed by atoms with Crippen LogP contribution in [0.1, 0.15) is 60.3 Å². The van der Waals surface area contributed by atoms with E-state index in [4.69, 9.17) is 0 Å². The van der Waals surface area contributed by atoms with Crippen LogP contribution in [0.5, 0.6) is 0 Å². The fraction of sp³-hybridized carbons (Fsp3) is 1.00. The van der Waals surface area contributed by atoms with Crippen LogP contribution < -0.4 is 5.32 Å². The van der Waals surface area contributed by atoms with Crippen LogP contribution in [0.25, 0.3) is 0 Å². The summed E-state index contributed by atoms with van der Waals surface area (Å²) in [6, 6.07) is 1.55. The lowest BCUT2D eigenvalue weighted by atomic mass is 10.0. The van der Waals surface area contributed by atoms with Gasteiger partial charge in [-0.3, -0.25) is 0 Å². The first-order valence-electron chi connectivity index (χ1n) is 6.65. The number of hydrogen-bond acceptors (Lipinski definition) is 1. The first-order valence-corrected chi connectivity index (χ1v) is 6.65. The standard InChI is InChI=1S/C14H27N/c1-6-10-7-8-11(9-10)15-12-13(2,3)14(12,4)5/h10-12,15H,6-9H2,1-5H3. The first kappa shape index (κ1) is 11.4. The lowest BCUT2D eigenvalue weighted by Gasteiger charge is -2.14. The van der Waals surface area contributed by atoms with Gasteiger partial charge >= 0.3 is 0 Å². The second kappa shape index (κ2) is 3.48. The largest absolute Gasteiger partial charge is 0.310 e. The van der Waals surface area contributed by atoms with Crippen LogP contribution >= 0.6 is 0 Å². The summed E-state index contributed by atoms with van der Waals surface area (Å²) in [5.74, 6) is 0.993. The molecule has 0 bridgehead atoms. The molecule has 0 saturated heterocycles. The van der Waals surface area contributed by atoms with Crippen LogP contribution in [-0.2, 0) is 0 Å². The van der Waals surface area contributed by atoms with Crippen molar-refractivity contribution < 1.29 is 0 Å². The molecule has 0 aromatic rings. The monoisotopic (exact) mass is 209 g/mol. The molecule has 2 unspecified atom stereocenters. The van der Waals surface area contributed by atoms with Crippen molar-refractivity contribution in [1.82, 2.24) is 5.32 Å². The average Bonchev–Trinajstić information content (AvgIpc) is 2.60. The predicted molar refractivity (Wildman–Crippen MR) is 65.9 cm³/mol. The molecule has 1 N–H and O–H groups in total. The molecule has 0 amide bonds. The molecule has 0 heterocycles. The summed E-state index contributed by atoms with van der Waals surface area (Å²) in [4.78, 5) is 0. The third kappa shape index (κ3) is 1.73. The summed E-state index contributed by atoms with van der Waals surface area (Å²) >= 11 is 0. The minimum absolute atomic E-state index is 0.497. The summed E-state index contributed by atoms with van der Waals surface area (Å²) in [5.41, 5.74) is 0.995. The number of rotatable bonds is 3. The minimum Gasteiger partial charge on any atom is -0.310 e. The van der Waals surface area contributed by atoms with Crippen molar-refractivity contribution in [3.05, 3.63) is 0 Å². The quantitative estimate of drug-likeness (QED) is 0.749. The molecule has 0 spiro atoms. The Kier molecular flexibility index (Phi) is 2.65. The van der Waals surface area contributed by atoms with Crippen molar-refractivity contribution >= 4 is 0 Å². The van der Waals surface area contributed by atoms with E-state index in [2.05, 4.69) is 39.9 Å². The van der Waals surface area contributed by atoms with Crippen molar-refractivity contribution in [2.24, 2.45) is 16.7 Å². The SMILES string of the molecule is CCC1CCC(NC2C(C)(C)C2(C)C)C1. The van der Waals surface area contributed by atoms with Crippen LogP contribution in [0.4, 0.5) is 0 Å². The molecule has 2 fully saturated rings. The van der Waals surface area contributed by atoms with Crippen LogP contribution in [-0.4, -0.2) is 12.1 Å². The average molecular weight is 209 g/mol. The fourth-order valence-electron chi connectivity index (χ4n) is 3.45. The summed E-state index contributed by atoms with van der Waals surface area (Å²) in [6.45, 7) is 11.9. The Morgan fingerprint density at radius 2 is 1.67 bits per heavy atom. The van der Waals surface area contributed by atoms with E-state index in [-0.39, 0.29) is 0 Å². The molecule has 0 aliphatic heterocycles. The van der Waals surface area contributed by atoms with Crippen LogP contribution in [0.15, 0.2) is 0 Å². The normalized spacial score (nSPS) is 38.2. The molecule has 2 aliphatic carbocycles. The van der Waals surface area contributed by atoms with Crippen molar-refractivity contribution in [3.63, 3.8) is 0 Å². The van der Waals surface area contributed by atoms with Gasteiger partial charge < -0.3 is 5.32 Å². The smallest absolute Gasteiger partial charge is 0.0183 e. The highest BCUT2D eigenvalue weighted by Gasteiger charge is 2.64. The van der Waals surface area contributed by atoms with Crippen LogP contribution in [0, 0.1) is 16.7 Å². The van der Waals surface area contributed by atoms with Gasteiger partial charge in [0.25, 0.3) is 0 Å². The molecule has 2 saturated carbocycles. The summed E-state index contributed by atoms with van der Waals surface area (Å²) in [6.07, 6.45) is 5.64. The van der Waals surface area contributed by atoms with E-state index in [9.17, 15) is 0 Å². The molecular weight excluding hydrogens is 182 g/mol. The van der Waals surface area contributed by atoms with Gasteiger partial charge in [0.15, 0.2) is 0 Å². The highest BCUT2D eigenvalue weighted by Crippen LogP contribution is 2.63. The summed E-state index contributed by atoms with van der Waals surface area (Å²) in [7, 11) is 0. The lowest BCUT2D eigenvalue weighted by molar-refractivity contribution is 0.442. The second-order valence-corrected chi connectivity index (χ2v) is 6.83. The minimum atomic E-state index is 0.497. The van der Waals surface area contributed by atoms with Crippen molar-refractivity contribution in [1.29, 1.82) is 0 Å². The van der Waals surface area contributed by atoms with Gasteiger partial charge in [0.1, 0.15) is 0 Å². The number of nitrogens with one attached hydrogen (secondary N) is 1. The highest BCUT2D eigenvalue weighted by molar-refractivity contribution is 5.18. The topological polar surface area (TPSA) is 12.0 Å². The van der Waals surface area contributed by atoms with Gasteiger partial charge in [-0.15, -0.1) is 0 Å². The summed E-state index contributed by atoms with van der Waals surface area (Å²) < 4.78 is 0. The Bertz CT molecular complexity index is 228. The van der Waals surface area contributed by atoms with Crippen LogP contribution in [0.2, 0.25) is 0 Å². The zero-order valence-electron chi connectivity index (χ0n) is 11.1. The Balaban J connectivity index is 1.85. The van der Waals surface area contributed by atoms with Gasteiger partial charge in [0.05, 0.1) is 0 Å². The molecule has 88 valence electrons. The molecule has 0 aromatic heterocycles. The summed E-state index contributed by atoms with van der Waals surface area (Å²) in [5, 5.41) is 3.90. The maximum absolute atomic E-state index is 3.90. The van der Waals surface area contributed by atoms with Crippen molar-refractivity contribution in [2.45, 2.75) is 72.4 Å². The molecule has 1 heteroatoms. The van der Waals surface area contributed by atoms with Gasteiger partial charge in [-0.1, -0.05) is 41.0 Å². The second-order valence-electron chi connectivity index (χ2n) is 6.83. The van der Waals surface area contributed by atoms with E-state index in [1.165, 1.54) is 25.7 Å². The number of hydrogen-bond donors (Lipinski definition) is 1. The van der Waals surface area contributed by atoms with Crippen molar-refractivity contribution in [2.75, 3.05) is 0 Å². The fourth-order valence-corrected chi connectivity index (χ4v) is 3.45. The van der Waals surface area contributed by atoms with E-state index in [1.54, 1.807) is 0 Å². The molecular formula is C14H27N. The van der Waals surface area contributed by atoms with Gasteiger partial charge in [-0.05, 0) is 36.0 Å². The third-order valence-electron chi connectivity index (χ3n) is 5.54. The molecule has 0 radical (unpaired) electrons. The zero-order valence-corrected chi connectivity index (χ0v) is 11.1. The van der Waals surface area contributed by atoms with E-state index in [0.717, 1.165) is 18.0 Å². The van der Waals surface area contributed by atoms with Gasteiger partial charge in [-0.2, -0.15) is 0 Å². The van der Waals surface area contributed by atoms with Gasteiger partial charge in [0, 0.05) is 12.1 Å². The van der Waals surface area contributed by atoms with Gasteiger partial charge in [-0.25, -0.2) is 0 Å². The first-order chi connectivity index (χ1) is 6.89. The molecule has 2 aliphatic rings.